The predicted octanol–water partition coefficient (Wildman–Crippen LogP) is 2.58. The monoisotopic (exact) mass is 295 g/mol. The molecule has 21 heavy (non-hydrogen) atoms. The van der Waals surface area contributed by atoms with Crippen LogP contribution in [0, 0.1) is 0 Å². The van der Waals surface area contributed by atoms with Crippen LogP contribution in [0.2, 0.25) is 0 Å². The highest BCUT2D eigenvalue weighted by atomic mass is 16.5. The molecule has 0 saturated heterocycles. The van der Waals surface area contributed by atoms with E-state index in [1.54, 1.807) is 6.26 Å². The van der Waals surface area contributed by atoms with Gasteiger partial charge in [0.05, 0.1) is 6.26 Å². The summed E-state index contributed by atoms with van der Waals surface area (Å²) in [5.74, 6) is 1.87. The number of furan rings is 1. The minimum atomic E-state index is 0.771. The Kier molecular flexibility index (Phi) is 10.3. The molecule has 2 N–H and O–H groups in total. The van der Waals surface area contributed by atoms with E-state index >= 15 is 0 Å². The minimum Gasteiger partial charge on any atom is -0.469 e. The van der Waals surface area contributed by atoms with Crippen molar-refractivity contribution in [2.75, 3.05) is 32.8 Å². The second-order valence-electron chi connectivity index (χ2n) is 4.82. The number of unbranched alkanes of at least 4 members (excludes halogenated alkanes) is 1. The number of ether oxygens (including phenoxy) is 1. The molecular weight excluding hydrogens is 266 g/mol. The van der Waals surface area contributed by atoms with Gasteiger partial charge in [-0.2, -0.15) is 0 Å². The highest BCUT2D eigenvalue weighted by molar-refractivity contribution is 5.79. The SMILES string of the molecule is CCCCNC(=NCCCOCC)NCCc1ccco1. The van der Waals surface area contributed by atoms with Gasteiger partial charge in [0, 0.05) is 39.3 Å². The number of guanidine groups is 1. The first-order valence-corrected chi connectivity index (χ1v) is 7.99. The molecule has 0 atom stereocenters. The fraction of sp³-hybridized carbons (Fsp3) is 0.688. The van der Waals surface area contributed by atoms with Crippen LogP contribution in [-0.2, 0) is 11.2 Å². The normalized spacial score (nSPS) is 11.6. The van der Waals surface area contributed by atoms with Crippen molar-refractivity contribution in [3.05, 3.63) is 24.2 Å². The second-order valence-corrected chi connectivity index (χ2v) is 4.82. The predicted molar refractivity (Wildman–Crippen MR) is 86.7 cm³/mol. The Morgan fingerprint density at radius 1 is 1.24 bits per heavy atom. The Hall–Kier alpha value is -1.49. The molecule has 0 unspecified atom stereocenters. The van der Waals surface area contributed by atoms with Crippen molar-refractivity contribution in [3.63, 3.8) is 0 Å². The molecule has 120 valence electrons. The van der Waals surface area contributed by atoms with E-state index in [0.29, 0.717) is 0 Å². The lowest BCUT2D eigenvalue weighted by Gasteiger charge is -2.12. The van der Waals surface area contributed by atoms with E-state index in [4.69, 9.17) is 9.15 Å². The van der Waals surface area contributed by atoms with Crippen LogP contribution in [0.15, 0.2) is 27.8 Å². The first-order valence-electron chi connectivity index (χ1n) is 7.99. The first-order chi connectivity index (χ1) is 10.4. The maximum absolute atomic E-state index is 5.32. The molecule has 5 nitrogen and oxygen atoms in total. The lowest BCUT2D eigenvalue weighted by Crippen LogP contribution is -2.39. The molecule has 0 radical (unpaired) electrons. The Balaban J connectivity index is 2.26. The molecular formula is C16H29N3O2. The molecule has 0 spiro atoms. The molecule has 0 fully saturated rings. The third kappa shape index (κ3) is 9.13. The van der Waals surface area contributed by atoms with Crippen molar-refractivity contribution < 1.29 is 9.15 Å². The van der Waals surface area contributed by atoms with E-state index in [2.05, 4.69) is 22.5 Å². The number of hydrogen-bond donors (Lipinski definition) is 2. The molecule has 0 aliphatic heterocycles. The highest BCUT2D eigenvalue weighted by Gasteiger charge is 1.99. The van der Waals surface area contributed by atoms with Crippen molar-refractivity contribution in [2.45, 2.75) is 39.5 Å². The lowest BCUT2D eigenvalue weighted by atomic mass is 10.3. The van der Waals surface area contributed by atoms with E-state index in [-0.39, 0.29) is 0 Å². The van der Waals surface area contributed by atoms with Gasteiger partial charge >= 0.3 is 0 Å². The second kappa shape index (κ2) is 12.3. The molecule has 0 saturated carbocycles. The summed E-state index contributed by atoms with van der Waals surface area (Å²) in [6.45, 7) is 8.29. The van der Waals surface area contributed by atoms with Crippen LogP contribution in [0.3, 0.4) is 0 Å². The van der Waals surface area contributed by atoms with Gasteiger partial charge in [0.1, 0.15) is 5.76 Å². The van der Waals surface area contributed by atoms with Crippen LogP contribution >= 0.6 is 0 Å². The number of aliphatic imine (C=N–C) groups is 1. The summed E-state index contributed by atoms with van der Waals surface area (Å²) in [7, 11) is 0. The van der Waals surface area contributed by atoms with Gasteiger partial charge in [-0.1, -0.05) is 13.3 Å². The summed E-state index contributed by atoms with van der Waals surface area (Å²) in [5.41, 5.74) is 0. The summed E-state index contributed by atoms with van der Waals surface area (Å²) in [6.07, 6.45) is 5.85. The molecule has 1 rings (SSSR count). The number of nitrogens with one attached hydrogen (secondary N) is 2. The summed E-state index contributed by atoms with van der Waals surface area (Å²) < 4.78 is 10.6. The van der Waals surface area contributed by atoms with Crippen molar-refractivity contribution in [3.8, 4) is 0 Å². The largest absolute Gasteiger partial charge is 0.469 e. The van der Waals surface area contributed by atoms with Crippen molar-refractivity contribution in [2.24, 2.45) is 4.99 Å². The average molecular weight is 295 g/mol. The Bertz CT molecular complexity index is 364. The van der Waals surface area contributed by atoms with Gasteiger partial charge in [0.25, 0.3) is 0 Å². The topological polar surface area (TPSA) is 58.8 Å². The van der Waals surface area contributed by atoms with Gasteiger partial charge in [-0.05, 0) is 31.9 Å². The third-order valence-corrected chi connectivity index (χ3v) is 2.99. The van der Waals surface area contributed by atoms with Crippen molar-refractivity contribution in [1.82, 2.24) is 10.6 Å². The van der Waals surface area contributed by atoms with E-state index < -0.39 is 0 Å². The number of nitrogens with zero attached hydrogens (tertiary/aromatic N) is 1. The number of hydrogen-bond acceptors (Lipinski definition) is 3. The van der Waals surface area contributed by atoms with Gasteiger partial charge in [-0.3, -0.25) is 4.99 Å². The maximum atomic E-state index is 5.32. The summed E-state index contributed by atoms with van der Waals surface area (Å²) in [4.78, 5) is 4.57. The van der Waals surface area contributed by atoms with E-state index in [1.807, 2.05) is 19.1 Å². The van der Waals surface area contributed by atoms with Crippen LogP contribution in [-0.4, -0.2) is 38.8 Å². The van der Waals surface area contributed by atoms with Crippen LogP contribution in [0.4, 0.5) is 0 Å². The molecule has 0 amide bonds. The number of rotatable bonds is 11. The quantitative estimate of drug-likeness (QED) is 0.374. The molecule has 5 heteroatoms. The molecule has 0 aromatic carbocycles. The molecule has 0 bridgehead atoms. The van der Waals surface area contributed by atoms with Crippen LogP contribution in [0.25, 0.3) is 0 Å². The van der Waals surface area contributed by atoms with E-state index in [1.165, 1.54) is 6.42 Å². The zero-order valence-corrected chi connectivity index (χ0v) is 13.4. The van der Waals surface area contributed by atoms with Gasteiger partial charge in [-0.15, -0.1) is 0 Å². The zero-order valence-electron chi connectivity index (χ0n) is 13.4. The summed E-state index contributed by atoms with van der Waals surface area (Å²) in [5, 5.41) is 6.71. The van der Waals surface area contributed by atoms with Gasteiger partial charge in [-0.25, -0.2) is 0 Å². The van der Waals surface area contributed by atoms with E-state index in [9.17, 15) is 0 Å². The molecule has 0 aliphatic carbocycles. The van der Waals surface area contributed by atoms with E-state index in [0.717, 1.165) is 63.8 Å². The molecule has 1 heterocycles. The Morgan fingerprint density at radius 3 is 2.81 bits per heavy atom. The van der Waals surface area contributed by atoms with Crippen molar-refractivity contribution in [1.29, 1.82) is 0 Å². The fourth-order valence-electron chi connectivity index (χ4n) is 1.82. The molecule has 1 aromatic rings. The summed E-state index contributed by atoms with van der Waals surface area (Å²) in [6, 6.07) is 3.91. The molecule has 1 aromatic heterocycles. The maximum Gasteiger partial charge on any atom is 0.191 e. The van der Waals surface area contributed by atoms with Gasteiger partial charge < -0.3 is 19.8 Å². The lowest BCUT2D eigenvalue weighted by molar-refractivity contribution is 0.146. The minimum absolute atomic E-state index is 0.771. The van der Waals surface area contributed by atoms with Gasteiger partial charge in [0.2, 0.25) is 0 Å². The third-order valence-electron chi connectivity index (χ3n) is 2.99. The first kappa shape index (κ1) is 17.6. The Labute approximate surface area is 128 Å². The zero-order chi connectivity index (χ0) is 15.2. The van der Waals surface area contributed by atoms with Crippen LogP contribution in [0.5, 0.6) is 0 Å². The Morgan fingerprint density at radius 2 is 2.10 bits per heavy atom. The standard InChI is InChI=1S/C16H29N3O2/c1-3-5-10-17-16(18-11-7-13-20-4-2)19-12-9-15-8-6-14-21-15/h6,8,14H,3-5,7,9-13H2,1-2H3,(H2,17,18,19). The van der Waals surface area contributed by atoms with Crippen LogP contribution in [0.1, 0.15) is 38.9 Å². The van der Waals surface area contributed by atoms with Gasteiger partial charge in [0.15, 0.2) is 5.96 Å². The highest BCUT2D eigenvalue weighted by Crippen LogP contribution is 1.99. The van der Waals surface area contributed by atoms with Crippen molar-refractivity contribution >= 4 is 5.96 Å². The average Bonchev–Trinajstić information content (AvgIpc) is 3.00. The smallest absolute Gasteiger partial charge is 0.191 e. The summed E-state index contributed by atoms with van der Waals surface area (Å²) >= 11 is 0. The van der Waals surface area contributed by atoms with Crippen LogP contribution < -0.4 is 10.6 Å². The fourth-order valence-corrected chi connectivity index (χ4v) is 1.82. The molecule has 0 aliphatic rings.